The van der Waals surface area contributed by atoms with Crippen molar-refractivity contribution in [2.24, 2.45) is 4.99 Å². The van der Waals surface area contributed by atoms with Crippen molar-refractivity contribution in [3.8, 4) is 23.0 Å². The monoisotopic (exact) mass is 634 g/mol. The molecule has 0 bridgehead atoms. The molecule has 3 heterocycles. The Bertz CT molecular complexity index is 2200. The first-order valence-electron chi connectivity index (χ1n) is 14.6. The summed E-state index contributed by atoms with van der Waals surface area (Å²) in [5.41, 5.74) is 7.02. The smallest absolute Gasteiger partial charge is 0.271 e. The molecule has 3 aliphatic rings. The molecular weight excluding hydrogens is 608 g/mol. The number of halogens is 1. The Labute approximate surface area is 267 Å². The van der Waals surface area contributed by atoms with Crippen molar-refractivity contribution >= 4 is 34.7 Å². The Morgan fingerprint density at radius 3 is 2.71 bits per heavy atom. The van der Waals surface area contributed by atoms with Gasteiger partial charge in [0.15, 0.2) is 27.8 Å². The van der Waals surface area contributed by atoms with Crippen LogP contribution in [0.1, 0.15) is 40.3 Å². The summed E-state index contributed by atoms with van der Waals surface area (Å²) in [5, 5.41) is 0.630. The van der Waals surface area contributed by atoms with Crippen LogP contribution >= 0.6 is 22.9 Å². The van der Waals surface area contributed by atoms with Gasteiger partial charge < -0.3 is 18.9 Å². The topological polar surface area (TPSA) is 71.3 Å². The molecule has 1 unspecified atom stereocenters. The standard InChI is InChI=1S/C36H27ClN2O5S/c1-41-30-16-21(10-14-28(30)42-19-22-11-15-29-31(17-22)44-20-43-29)18-32-35(40)39-34(25-8-4-5-9-27(25)37)26-13-12-23-6-2-3-7-24(23)33(26)38-36(39)45-32/h2-11,14-18,34H,12-13,19-20H2,1H3/b32-18+. The lowest BCUT2D eigenvalue weighted by Crippen LogP contribution is -2.38. The third-order valence-electron chi connectivity index (χ3n) is 8.39. The molecule has 0 saturated carbocycles. The molecule has 8 rings (SSSR count). The van der Waals surface area contributed by atoms with Gasteiger partial charge in [0.1, 0.15) is 6.61 Å². The Balaban J connectivity index is 1.18. The number of thiazole rings is 1. The van der Waals surface area contributed by atoms with Crippen molar-refractivity contribution < 1.29 is 18.9 Å². The zero-order valence-electron chi connectivity index (χ0n) is 24.3. The Hall–Kier alpha value is -4.79. The van der Waals surface area contributed by atoms with E-state index >= 15 is 0 Å². The molecule has 1 aromatic heterocycles. The number of rotatable bonds is 6. The van der Waals surface area contributed by atoms with Crippen LogP contribution < -0.4 is 33.8 Å². The molecular formula is C36H27ClN2O5S. The molecule has 0 amide bonds. The minimum Gasteiger partial charge on any atom is -0.493 e. The second-order valence-electron chi connectivity index (χ2n) is 11.0. The Morgan fingerprint density at radius 1 is 0.978 bits per heavy atom. The van der Waals surface area contributed by atoms with Crippen LogP contribution in [0.2, 0.25) is 5.02 Å². The molecule has 1 aliphatic carbocycles. The molecule has 7 nitrogen and oxygen atoms in total. The molecule has 0 radical (unpaired) electrons. The lowest BCUT2D eigenvalue weighted by Gasteiger charge is -2.31. The van der Waals surface area contributed by atoms with E-state index in [4.69, 9.17) is 35.5 Å². The highest BCUT2D eigenvalue weighted by atomic mass is 35.5. The molecule has 0 spiro atoms. The minimum atomic E-state index is -0.332. The van der Waals surface area contributed by atoms with Gasteiger partial charge >= 0.3 is 0 Å². The summed E-state index contributed by atoms with van der Waals surface area (Å²) in [6, 6.07) is 27.2. The van der Waals surface area contributed by atoms with Crippen LogP contribution in [0, 0.1) is 0 Å². The van der Waals surface area contributed by atoms with E-state index in [0.29, 0.717) is 38.2 Å². The van der Waals surface area contributed by atoms with Crippen molar-refractivity contribution in [3.05, 3.63) is 143 Å². The van der Waals surface area contributed by atoms with Crippen molar-refractivity contribution in [2.45, 2.75) is 25.5 Å². The predicted molar refractivity (Wildman–Crippen MR) is 174 cm³/mol. The summed E-state index contributed by atoms with van der Waals surface area (Å²) in [4.78, 5) is 19.9. The van der Waals surface area contributed by atoms with Gasteiger partial charge in [-0.2, -0.15) is 0 Å². The zero-order chi connectivity index (χ0) is 30.5. The number of aryl methyl sites for hydroxylation is 1. The lowest BCUT2D eigenvalue weighted by atomic mass is 9.83. The molecule has 5 aromatic rings. The lowest BCUT2D eigenvalue weighted by molar-refractivity contribution is 0.174. The number of ether oxygens (including phenoxy) is 4. The first-order chi connectivity index (χ1) is 22.1. The largest absolute Gasteiger partial charge is 0.493 e. The summed E-state index contributed by atoms with van der Waals surface area (Å²) in [7, 11) is 1.60. The fourth-order valence-electron chi connectivity index (χ4n) is 6.23. The van der Waals surface area contributed by atoms with E-state index < -0.39 is 0 Å². The number of nitrogens with zero attached hydrogens (tertiary/aromatic N) is 2. The number of methoxy groups -OCH3 is 1. The molecule has 224 valence electrons. The van der Waals surface area contributed by atoms with Gasteiger partial charge in [-0.05, 0) is 77.1 Å². The van der Waals surface area contributed by atoms with E-state index in [1.54, 1.807) is 7.11 Å². The van der Waals surface area contributed by atoms with Crippen LogP contribution in [-0.4, -0.2) is 18.5 Å². The van der Waals surface area contributed by atoms with Gasteiger partial charge in [-0.15, -0.1) is 0 Å². The van der Waals surface area contributed by atoms with E-state index in [2.05, 4.69) is 18.2 Å². The summed E-state index contributed by atoms with van der Waals surface area (Å²) < 4.78 is 25.0. The third kappa shape index (κ3) is 4.90. The van der Waals surface area contributed by atoms with Gasteiger partial charge in [-0.25, -0.2) is 4.99 Å². The number of allylic oxidation sites excluding steroid dienone is 1. The van der Waals surface area contributed by atoms with Crippen molar-refractivity contribution in [3.63, 3.8) is 0 Å². The summed E-state index contributed by atoms with van der Waals surface area (Å²) in [6.45, 7) is 0.560. The third-order valence-corrected chi connectivity index (χ3v) is 9.72. The van der Waals surface area contributed by atoms with E-state index in [0.717, 1.165) is 52.1 Å². The Kier molecular flexibility index (Phi) is 6.96. The first-order valence-corrected chi connectivity index (χ1v) is 15.8. The number of hydrogen-bond donors (Lipinski definition) is 0. The second kappa shape index (κ2) is 11.3. The predicted octanol–water partition coefficient (Wildman–Crippen LogP) is 6.29. The van der Waals surface area contributed by atoms with Gasteiger partial charge in [0.05, 0.1) is 23.4 Å². The number of benzene rings is 4. The van der Waals surface area contributed by atoms with Crippen LogP contribution in [0.15, 0.2) is 100 Å². The van der Waals surface area contributed by atoms with E-state index in [9.17, 15) is 4.79 Å². The van der Waals surface area contributed by atoms with E-state index in [-0.39, 0.29) is 18.4 Å². The van der Waals surface area contributed by atoms with Crippen molar-refractivity contribution in [2.75, 3.05) is 13.9 Å². The van der Waals surface area contributed by atoms with Gasteiger partial charge in [0.25, 0.3) is 5.56 Å². The average Bonchev–Trinajstić information content (AvgIpc) is 3.66. The van der Waals surface area contributed by atoms with Crippen LogP contribution in [-0.2, 0) is 13.0 Å². The average molecular weight is 635 g/mol. The quantitative estimate of drug-likeness (QED) is 0.220. The fraction of sp³-hybridized carbons (Fsp3) is 0.167. The van der Waals surface area contributed by atoms with Crippen molar-refractivity contribution in [1.82, 2.24) is 4.57 Å². The summed E-state index contributed by atoms with van der Waals surface area (Å²) >= 11 is 8.15. The maximum atomic E-state index is 14.1. The summed E-state index contributed by atoms with van der Waals surface area (Å²) in [5.74, 6) is 2.60. The van der Waals surface area contributed by atoms with Crippen LogP contribution in [0.25, 0.3) is 11.8 Å². The normalized spacial score (nSPS) is 16.5. The molecule has 9 heteroatoms. The van der Waals surface area contributed by atoms with Gasteiger partial charge in [-0.3, -0.25) is 9.36 Å². The molecule has 0 N–H and O–H groups in total. The molecule has 4 aromatic carbocycles. The molecule has 45 heavy (non-hydrogen) atoms. The second-order valence-corrected chi connectivity index (χ2v) is 12.4. The summed E-state index contributed by atoms with van der Waals surface area (Å²) in [6.07, 6.45) is 3.58. The van der Waals surface area contributed by atoms with Gasteiger partial charge in [0.2, 0.25) is 6.79 Å². The number of fused-ring (bicyclic) bond motifs is 4. The van der Waals surface area contributed by atoms with Crippen LogP contribution in [0.3, 0.4) is 0 Å². The zero-order valence-corrected chi connectivity index (χ0v) is 25.9. The maximum absolute atomic E-state index is 14.1. The van der Waals surface area contributed by atoms with Gasteiger partial charge in [-0.1, -0.05) is 77.5 Å². The first kappa shape index (κ1) is 27.7. The maximum Gasteiger partial charge on any atom is 0.271 e. The fourth-order valence-corrected chi connectivity index (χ4v) is 7.47. The Morgan fingerprint density at radius 2 is 1.82 bits per heavy atom. The van der Waals surface area contributed by atoms with E-state index in [1.807, 2.05) is 77.4 Å². The molecule has 0 fully saturated rings. The highest BCUT2D eigenvalue weighted by Crippen LogP contribution is 2.42. The minimum absolute atomic E-state index is 0.101. The highest BCUT2D eigenvalue weighted by molar-refractivity contribution is 7.07. The molecule has 0 saturated heterocycles. The SMILES string of the molecule is COc1cc(/C=c2/sc3n(c2=O)C(c2ccccc2Cl)C2=C(N=3)c3ccccc3CC2)ccc1OCc1ccc2c(c1)OCO2. The van der Waals surface area contributed by atoms with Crippen LogP contribution in [0.4, 0.5) is 0 Å². The van der Waals surface area contributed by atoms with E-state index in [1.165, 1.54) is 16.9 Å². The van der Waals surface area contributed by atoms with Crippen molar-refractivity contribution in [1.29, 1.82) is 0 Å². The number of aromatic nitrogens is 1. The van der Waals surface area contributed by atoms with Crippen LogP contribution in [0.5, 0.6) is 23.0 Å². The molecule has 2 aliphatic heterocycles. The number of hydrogen-bond acceptors (Lipinski definition) is 7. The molecule has 1 atom stereocenters. The van der Waals surface area contributed by atoms with Gasteiger partial charge in [0, 0.05) is 10.6 Å². The highest BCUT2D eigenvalue weighted by Gasteiger charge is 2.33.